The fraction of sp³-hybridized carbons (Fsp3) is 0.706. The summed E-state index contributed by atoms with van der Waals surface area (Å²) in [5.41, 5.74) is 2.54. The van der Waals surface area contributed by atoms with Crippen LogP contribution in [0.1, 0.15) is 57.8 Å². The van der Waals surface area contributed by atoms with Crippen LogP contribution in [0.3, 0.4) is 0 Å². The van der Waals surface area contributed by atoms with E-state index in [0.29, 0.717) is 5.92 Å². The van der Waals surface area contributed by atoms with Gasteiger partial charge in [-0.2, -0.15) is 0 Å². The largest absolute Gasteiger partial charge is 0.494 e. The quantitative estimate of drug-likeness (QED) is 0.787. The number of pyridine rings is 1. The topological polar surface area (TPSA) is 40.6 Å². The number of ether oxygens (including phenoxy) is 1. The van der Waals surface area contributed by atoms with Crippen LogP contribution < -0.4 is 5.46 Å². The normalized spacial score (nSPS) is 27.1. The standard InChI is InChI=1S/C17H26BNO3/c1-12-9-14(18-21-16(2,3)17(4,5)22-18)10-15(19-12)13-7-6-8-20-11-13/h9-10,13H,6-8,11H2,1-5H3. The van der Waals surface area contributed by atoms with Crippen LogP contribution in [0, 0.1) is 6.92 Å². The maximum Gasteiger partial charge on any atom is 0.494 e. The number of rotatable bonds is 2. The number of nitrogens with zero attached hydrogens (tertiary/aromatic N) is 1. The molecule has 1 unspecified atom stereocenters. The van der Waals surface area contributed by atoms with E-state index in [0.717, 1.165) is 42.9 Å². The second-order valence-electron chi connectivity index (χ2n) is 7.47. The summed E-state index contributed by atoms with van der Waals surface area (Å²) in [6.07, 6.45) is 2.24. The van der Waals surface area contributed by atoms with Crippen molar-refractivity contribution in [3.8, 4) is 0 Å². The maximum absolute atomic E-state index is 6.17. The van der Waals surface area contributed by atoms with Crippen molar-refractivity contribution in [3.63, 3.8) is 0 Å². The van der Waals surface area contributed by atoms with Crippen molar-refractivity contribution in [3.05, 3.63) is 23.5 Å². The zero-order valence-electron chi connectivity index (χ0n) is 14.3. The van der Waals surface area contributed by atoms with E-state index in [9.17, 15) is 0 Å². The lowest BCUT2D eigenvalue weighted by molar-refractivity contribution is 0.00578. The fourth-order valence-corrected chi connectivity index (χ4v) is 3.02. The Balaban J connectivity index is 1.87. The third kappa shape index (κ3) is 2.94. The van der Waals surface area contributed by atoms with E-state index in [2.05, 4.69) is 39.8 Å². The van der Waals surface area contributed by atoms with Crippen molar-refractivity contribution in [2.45, 2.75) is 64.6 Å². The third-order valence-corrected chi connectivity index (χ3v) is 5.10. The van der Waals surface area contributed by atoms with Crippen molar-refractivity contribution < 1.29 is 14.0 Å². The Hall–Kier alpha value is -0.905. The number of aryl methyl sites for hydroxylation is 1. The minimum atomic E-state index is -0.324. The first-order chi connectivity index (χ1) is 10.3. The Morgan fingerprint density at radius 1 is 1.14 bits per heavy atom. The molecule has 1 aromatic rings. The highest BCUT2D eigenvalue weighted by Crippen LogP contribution is 2.36. The molecule has 0 spiro atoms. The van der Waals surface area contributed by atoms with E-state index in [-0.39, 0.29) is 18.3 Å². The summed E-state index contributed by atoms with van der Waals surface area (Å²) in [5.74, 6) is 0.384. The zero-order chi connectivity index (χ0) is 16.0. The van der Waals surface area contributed by atoms with E-state index >= 15 is 0 Å². The van der Waals surface area contributed by atoms with E-state index in [1.165, 1.54) is 0 Å². The first kappa shape index (κ1) is 16.0. The summed E-state index contributed by atoms with van der Waals surface area (Å²) in [7, 11) is -0.324. The predicted molar refractivity (Wildman–Crippen MR) is 87.5 cm³/mol. The summed E-state index contributed by atoms with van der Waals surface area (Å²) < 4.78 is 17.9. The molecule has 0 N–H and O–H groups in total. The first-order valence-electron chi connectivity index (χ1n) is 8.20. The molecule has 4 nitrogen and oxygen atoms in total. The predicted octanol–water partition coefficient (Wildman–Crippen LogP) is 2.58. The van der Waals surface area contributed by atoms with E-state index in [4.69, 9.17) is 19.0 Å². The second-order valence-corrected chi connectivity index (χ2v) is 7.47. The summed E-state index contributed by atoms with van der Waals surface area (Å²) in [6.45, 7) is 12.0. The molecule has 0 saturated carbocycles. The molecule has 0 aliphatic carbocycles. The van der Waals surface area contributed by atoms with Crippen LogP contribution >= 0.6 is 0 Å². The molecular formula is C17H26BNO3. The minimum Gasteiger partial charge on any atom is -0.399 e. The summed E-state index contributed by atoms with van der Waals surface area (Å²) >= 11 is 0. The highest BCUT2D eigenvalue weighted by atomic mass is 16.7. The van der Waals surface area contributed by atoms with Gasteiger partial charge in [-0.3, -0.25) is 4.98 Å². The second kappa shape index (κ2) is 5.62. The van der Waals surface area contributed by atoms with Crippen LogP contribution in [0.25, 0.3) is 0 Å². The van der Waals surface area contributed by atoms with Crippen LogP contribution in [-0.2, 0) is 14.0 Å². The van der Waals surface area contributed by atoms with Crippen molar-refractivity contribution in [1.82, 2.24) is 4.98 Å². The third-order valence-electron chi connectivity index (χ3n) is 5.10. The van der Waals surface area contributed by atoms with Gasteiger partial charge in [-0.25, -0.2) is 0 Å². The molecule has 2 aliphatic rings. The van der Waals surface area contributed by atoms with E-state index in [1.54, 1.807) is 0 Å². The van der Waals surface area contributed by atoms with Crippen LogP contribution in [0.2, 0.25) is 0 Å². The molecule has 120 valence electrons. The van der Waals surface area contributed by atoms with Gasteiger partial charge in [0, 0.05) is 23.9 Å². The Morgan fingerprint density at radius 2 is 1.82 bits per heavy atom. The molecule has 3 heterocycles. The Labute approximate surface area is 133 Å². The monoisotopic (exact) mass is 303 g/mol. The summed E-state index contributed by atoms with van der Waals surface area (Å²) in [6, 6.07) is 4.20. The lowest BCUT2D eigenvalue weighted by Crippen LogP contribution is -2.41. The SMILES string of the molecule is Cc1cc(B2OC(C)(C)C(C)(C)O2)cc(C2CCCOC2)n1. The molecule has 0 amide bonds. The Morgan fingerprint density at radius 3 is 2.41 bits per heavy atom. The van der Waals surface area contributed by atoms with Crippen LogP contribution in [-0.4, -0.2) is 36.5 Å². The number of aromatic nitrogens is 1. The smallest absolute Gasteiger partial charge is 0.399 e. The van der Waals surface area contributed by atoms with Gasteiger partial charge in [0.05, 0.1) is 17.8 Å². The lowest BCUT2D eigenvalue weighted by atomic mass is 9.78. The molecule has 22 heavy (non-hydrogen) atoms. The van der Waals surface area contributed by atoms with Crippen LogP contribution in [0.4, 0.5) is 0 Å². The molecule has 3 rings (SSSR count). The average Bonchev–Trinajstić information content (AvgIpc) is 2.68. The molecule has 1 atom stereocenters. The molecule has 2 aliphatic heterocycles. The van der Waals surface area contributed by atoms with Gasteiger partial charge in [0.2, 0.25) is 0 Å². The molecule has 2 fully saturated rings. The Kier molecular flexibility index (Phi) is 4.08. The van der Waals surface area contributed by atoms with Crippen molar-refractivity contribution in [1.29, 1.82) is 0 Å². The van der Waals surface area contributed by atoms with Crippen molar-refractivity contribution in [2.75, 3.05) is 13.2 Å². The van der Waals surface area contributed by atoms with Gasteiger partial charge in [0.25, 0.3) is 0 Å². The Bertz CT molecular complexity index is 537. The van der Waals surface area contributed by atoms with E-state index in [1.807, 2.05) is 6.92 Å². The van der Waals surface area contributed by atoms with Gasteiger partial charge < -0.3 is 14.0 Å². The van der Waals surface area contributed by atoms with Crippen molar-refractivity contribution in [2.24, 2.45) is 0 Å². The maximum atomic E-state index is 6.17. The molecule has 5 heteroatoms. The summed E-state index contributed by atoms with van der Waals surface area (Å²) in [4.78, 5) is 4.71. The summed E-state index contributed by atoms with van der Waals surface area (Å²) in [5, 5.41) is 0. The van der Waals surface area contributed by atoms with E-state index < -0.39 is 0 Å². The van der Waals surface area contributed by atoms with Gasteiger partial charge in [0.15, 0.2) is 0 Å². The van der Waals surface area contributed by atoms with Gasteiger partial charge >= 0.3 is 7.12 Å². The first-order valence-corrected chi connectivity index (χ1v) is 8.20. The minimum absolute atomic E-state index is 0.317. The lowest BCUT2D eigenvalue weighted by Gasteiger charge is -2.32. The number of hydrogen-bond donors (Lipinski definition) is 0. The molecule has 0 bridgehead atoms. The average molecular weight is 303 g/mol. The highest BCUT2D eigenvalue weighted by Gasteiger charge is 2.51. The molecule has 1 aromatic heterocycles. The van der Waals surface area contributed by atoms with Gasteiger partial charge in [-0.1, -0.05) is 0 Å². The van der Waals surface area contributed by atoms with Gasteiger partial charge in [-0.05, 0) is 65.1 Å². The molecule has 0 radical (unpaired) electrons. The molecular weight excluding hydrogens is 277 g/mol. The highest BCUT2D eigenvalue weighted by molar-refractivity contribution is 6.62. The molecule has 0 aromatic carbocycles. The zero-order valence-corrected chi connectivity index (χ0v) is 14.3. The van der Waals surface area contributed by atoms with Crippen LogP contribution in [0.5, 0.6) is 0 Å². The van der Waals surface area contributed by atoms with Crippen molar-refractivity contribution >= 4 is 12.6 Å². The van der Waals surface area contributed by atoms with Gasteiger partial charge in [0.1, 0.15) is 0 Å². The number of hydrogen-bond acceptors (Lipinski definition) is 4. The molecule has 2 saturated heterocycles. The van der Waals surface area contributed by atoms with Gasteiger partial charge in [-0.15, -0.1) is 0 Å². The fourth-order valence-electron chi connectivity index (χ4n) is 3.02. The van der Waals surface area contributed by atoms with Crippen LogP contribution in [0.15, 0.2) is 12.1 Å².